The first kappa shape index (κ1) is 30.0. The van der Waals surface area contributed by atoms with Crippen molar-refractivity contribution in [3.8, 4) is 11.5 Å². The van der Waals surface area contributed by atoms with Gasteiger partial charge in [-0.25, -0.2) is 4.39 Å². The first-order valence-electron chi connectivity index (χ1n) is 14.2. The first-order chi connectivity index (χ1) is 19.8. The maximum absolute atomic E-state index is 14.0. The molecule has 0 saturated carbocycles. The third-order valence-corrected chi connectivity index (χ3v) is 8.47. The minimum Gasteiger partial charge on any atom is -0.490 e. The van der Waals surface area contributed by atoms with Crippen LogP contribution < -0.4 is 20.1 Å². The average molecular weight is 640 g/mol. The van der Waals surface area contributed by atoms with E-state index < -0.39 is 17.6 Å². The third kappa shape index (κ3) is 6.02. The Morgan fingerprint density at radius 3 is 2.14 bits per heavy atom. The van der Waals surface area contributed by atoms with Crippen LogP contribution in [-0.2, 0) is 14.4 Å². The molecule has 0 spiro atoms. The number of hydrogen-bond donors (Lipinski definition) is 2. The highest BCUT2D eigenvalue weighted by molar-refractivity contribution is 9.10. The summed E-state index contributed by atoms with van der Waals surface area (Å²) in [5.41, 5.74) is 3.42. The second kappa shape index (κ2) is 11.3. The standard InChI is InChI=1S/C33H36BrFN2O5/c1-6-41-26-12-18(11-19(34)31(26)42-17-27(40)37-21-10-8-7-9-20(21)35)28-29-22(13-32(2,3)15-24(29)38)36-23-14-33(4,5)16-25(39)30(23)28/h7-12,28,36H,6,13-17H2,1-5H3,(H,37,40). The van der Waals surface area contributed by atoms with E-state index in [0.717, 1.165) is 17.0 Å². The van der Waals surface area contributed by atoms with Gasteiger partial charge >= 0.3 is 0 Å². The predicted octanol–water partition coefficient (Wildman–Crippen LogP) is 6.98. The molecule has 0 atom stereocenters. The molecule has 0 saturated heterocycles. The van der Waals surface area contributed by atoms with E-state index in [1.54, 1.807) is 18.2 Å². The van der Waals surface area contributed by atoms with Crippen molar-refractivity contribution >= 4 is 39.1 Å². The molecule has 0 radical (unpaired) electrons. The molecule has 222 valence electrons. The largest absolute Gasteiger partial charge is 0.490 e. The number of nitrogens with one attached hydrogen (secondary N) is 2. The summed E-state index contributed by atoms with van der Waals surface area (Å²) in [6, 6.07) is 9.52. The van der Waals surface area contributed by atoms with Crippen LogP contribution in [0.15, 0.2) is 63.4 Å². The Morgan fingerprint density at radius 1 is 0.976 bits per heavy atom. The van der Waals surface area contributed by atoms with Crippen molar-refractivity contribution in [1.29, 1.82) is 0 Å². The Labute approximate surface area is 254 Å². The fraction of sp³-hybridized carbons (Fsp3) is 0.424. The van der Waals surface area contributed by atoms with Gasteiger partial charge in [-0.15, -0.1) is 0 Å². The van der Waals surface area contributed by atoms with E-state index in [9.17, 15) is 18.8 Å². The van der Waals surface area contributed by atoms with Crippen LogP contribution in [0, 0.1) is 16.6 Å². The molecule has 0 unspecified atom stereocenters. The molecule has 2 N–H and O–H groups in total. The first-order valence-corrected chi connectivity index (χ1v) is 15.0. The van der Waals surface area contributed by atoms with Crippen molar-refractivity contribution in [1.82, 2.24) is 5.32 Å². The number of carbonyl (C=O) groups is 3. The number of halogens is 2. The lowest BCUT2D eigenvalue weighted by Gasteiger charge is -2.44. The normalized spacial score (nSPS) is 19.6. The van der Waals surface area contributed by atoms with Gasteiger partial charge in [0.05, 0.1) is 16.8 Å². The lowest BCUT2D eigenvalue weighted by atomic mass is 9.64. The summed E-state index contributed by atoms with van der Waals surface area (Å²) in [5.74, 6) is -0.893. The fourth-order valence-electron chi connectivity index (χ4n) is 6.27. The molecule has 1 heterocycles. The van der Waals surface area contributed by atoms with E-state index in [0.29, 0.717) is 59.4 Å². The van der Waals surface area contributed by atoms with Crippen molar-refractivity contribution in [2.75, 3.05) is 18.5 Å². The highest BCUT2D eigenvalue weighted by atomic mass is 79.9. The molecular formula is C33H36BrFN2O5. The second-order valence-electron chi connectivity index (χ2n) is 12.8. The topological polar surface area (TPSA) is 93.7 Å². The van der Waals surface area contributed by atoms with Crippen LogP contribution in [0.25, 0.3) is 0 Å². The molecule has 42 heavy (non-hydrogen) atoms. The van der Waals surface area contributed by atoms with Gasteiger partial charge in [0.25, 0.3) is 5.91 Å². The van der Waals surface area contributed by atoms with Crippen LogP contribution in [0.5, 0.6) is 11.5 Å². The molecule has 2 aromatic rings. The van der Waals surface area contributed by atoms with Crippen molar-refractivity contribution in [3.05, 3.63) is 74.8 Å². The predicted molar refractivity (Wildman–Crippen MR) is 162 cm³/mol. The smallest absolute Gasteiger partial charge is 0.262 e. The Morgan fingerprint density at radius 2 is 1.57 bits per heavy atom. The number of amides is 1. The maximum Gasteiger partial charge on any atom is 0.262 e. The lowest BCUT2D eigenvalue weighted by molar-refractivity contribution is -0.119. The molecule has 1 amide bonds. The van der Waals surface area contributed by atoms with Crippen LogP contribution in [0.4, 0.5) is 10.1 Å². The van der Waals surface area contributed by atoms with Gasteiger partial charge in [-0.3, -0.25) is 14.4 Å². The summed E-state index contributed by atoms with van der Waals surface area (Å²) in [5, 5.41) is 6.04. The molecule has 1 aliphatic heterocycles. The molecule has 3 aliphatic rings. The van der Waals surface area contributed by atoms with Crippen molar-refractivity contribution in [2.45, 2.75) is 66.2 Å². The fourth-order valence-corrected chi connectivity index (χ4v) is 6.84. The number of ketones is 2. The van der Waals surface area contributed by atoms with Crippen molar-refractivity contribution in [3.63, 3.8) is 0 Å². The summed E-state index contributed by atoms with van der Waals surface area (Å²) in [4.78, 5) is 39.9. The van der Waals surface area contributed by atoms with Gasteiger partial charge in [0.15, 0.2) is 29.7 Å². The average Bonchev–Trinajstić information content (AvgIpc) is 2.87. The van der Waals surface area contributed by atoms with Gasteiger partial charge in [0, 0.05) is 41.3 Å². The van der Waals surface area contributed by atoms with Gasteiger partial charge in [-0.2, -0.15) is 0 Å². The molecular weight excluding hydrogens is 603 g/mol. The zero-order chi connectivity index (χ0) is 30.4. The van der Waals surface area contributed by atoms with E-state index in [1.165, 1.54) is 12.1 Å². The Hall–Kier alpha value is -3.46. The molecule has 0 bridgehead atoms. The Kier molecular flexibility index (Phi) is 8.09. The van der Waals surface area contributed by atoms with Crippen molar-refractivity contribution < 1.29 is 28.2 Å². The summed E-state index contributed by atoms with van der Waals surface area (Å²) < 4.78 is 26.3. The van der Waals surface area contributed by atoms with E-state index >= 15 is 0 Å². The number of anilines is 1. The van der Waals surface area contributed by atoms with Gasteiger partial charge in [0.1, 0.15) is 5.82 Å². The zero-order valence-corrected chi connectivity index (χ0v) is 26.2. The molecule has 9 heteroatoms. The Bertz CT molecular complexity index is 1490. The maximum atomic E-state index is 14.0. The van der Waals surface area contributed by atoms with E-state index in [1.807, 2.05) is 13.0 Å². The highest BCUT2D eigenvalue weighted by Gasteiger charge is 2.46. The van der Waals surface area contributed by atoms with Gasteiger partial charge < -0.3 is 20.1 Å². The van der Waals surface area contributed by atoms with E-state index in [4.69, 9.17) is 9.47 Å². The summed E-state index contributed by atoms with van der Waals surface area (Å²) >= 11 is 3.59. The van der Waals surface area contributed by atoms with Crippen LogP contribution in [-0.4, -0.2) is 30.7 Å². The van der Waals surface area contributed by atoms with Gasteiger partial charge in [0.2, 0.25) is 0 Å². The highest BCUT2D eigenvalue weighted by Crippen LogP contribution is 2.52. The van der Waals surface area contributed by atoms with Gasteiger partial charge in [-0.1, -0.05) is 39.8 Å². The number of hydrogen-bond acceptors (Lipinski definition) is 6. The lowest BCUT2D eigenvalue weighted by Crippen LogP contribution is -2.42. The van der Waals surface area contributed by atoms with Gasteiger partial charge in [-0.05, 0) is 76.4 Å². The molecule has 5 rings (SSSR count). The molecule has 0 aromatic heterocycles. The van der Waals surface area contributed by atoms with Crippen LogP contribution >= 0.6 is 15.9 Å². The van der Waals surface area contributed by atoms with Crippen LogP contribution in [0.3, 0.4) is 0 Å². The number of carbonyl (C=O) groups excluding carboxylic acids is 3. The minimum absolute atomic E-state index is 0.0298. The summed E-state index contributed by atoms with van der Waals surface area (Å²) in [7, 11) is 0. The number of allylic oxidation sites excluding steroid dienone is 4. The molecule has 2 aromatic carbocycles. The van der Waals surface area contributed by atoms with E-state index in [-0.39, 0.29) is 34.7 Å². The summed E-state index contributed by atoms with van der Waals surface area (Å²) in [6.45, 7) is 10.1. The minimum atomic E-state index is -0.544. The molecule has 7 nitrogen and oxygen atoms in total. The SMILES string of the molecule is CCOc1cc(C2C3=C(CC(C)(C)CC3=O)NC3=C2C(=O)CC(C)(C)C3)cc(Br)c1OCC(=O)Nc1ccccc1F. The number of benzene rings is 2. The molecule has 0 fully saturated rings. The zero-order valence-electron chi connectivity index (χ0n) is 24.6. The number of dihydropyridines is 1. The molecule has 2 aliphatic carbocycles. The quantitative estimate of drug-likeness (QED) is 0.340. The van der Waals surface area contributed by atoms with E-state index in [2.05, 4.69) is 54.3 Å². The second-order valence-corrected chi connectivity index (χ2v) is 13.7. The summed E-state index contributed by atoms with van der Waals surface area (Å²) in [6.07, 6.45) is 2.19. The van der Waals surface area contributed by atoms with Crippen LogP contribution in [0.2, 0.25) is 0 Å². The number of para-hydroxylation sites is 1. The monoisotopic (exact) mass is 638 g/mol. The third-order valence-electron chi connectivity index (χ3n) is 7.88. The Balaban J connectivity index is 1.53. The number of ether oxygens (including phenoxy) is 2. The van der Waals surface area contributed by atoms with Crippen LogP contribution in [0.1, 0.15) is 71.8 Å². The number of Topliss-reactive ketones (excluding diaryl/α,β-unsaturated/α-hetero) is 2. The van der Waals surface area contributed by atoms with Crippen molar-refractivity contribution in [2.24, 2.45) is 10.8 Å². The number of rotatable bonds is 7.